The van der Waals surface area contributed by atoms with Crippen molar-refractivity contribution in [2.75, 3.05) is 35.8 Å². The molecular weight excluding hydrogens is 434 g/mol. The van der Waals surface area contributed by atoms with Crippen LogP contribution in [0.1, 0.15) is 10.4 Å². The number of piperazine rings is 1. The molecular formula is C23H22ClN3O3S. The summed E-state index contributed by atoms with van der Waals surface area (Å²) in [6.45, 7) is 2.55. The number of rotatable bonds is 5. The molecule has 1 amide bonds. The van der Waals surface area contributed by atoms with E-state index in [1.807, 2.05) is 18.2 Å². The van der Waals surface area contributed by atoms with Gasteiger partial charge in [0.15, 0.2) is 0 Å². The number of benzene rings is 3. The zero-order chi connectivity index (χ0) is 21.8. The van der Waals surface area contributed by atoms with E-state index in [1.165, 1.54) is 24.3 Å². The Hall–Kier alpha value is -3.03. The fourth-order valence-corrected chi connectivity index (χ4v) is 4.81. The summed E-state index contributed by atoms with van der Waals surface area (Å²) < 4.78 is 27.7. The Labute approximate surface area is 187 Å². The van der Waals surface area contributed by atoms with Crippen molar-refractivity contribution in [2.45, 2.75) is 4.90 Å². The Balaban J connectivity index is 1.48. The second-order valence-corrected chi connectivity index (χ2v) is 9.32. The molecule has 0 bridgehead atoms. The first-order valence-electron chi connectivity index (χ1n) is 9.91. The molecule has 0 saturated carbocycles. The molecule has 6 nitrogen and oxygen atoms in total. The molecule has 1 N–H and O–H groups in total. The van der Waals surface area contributed by atoms with Gasteiger partial charge in [-0.15, -0.1) is 0 Å². The Kier molecular flexibility index (Phi) is 6.15. The van der Waals surface area contributed by atoms with Gasteiger partial charge in [0, 0.05) is 37.6 Å². The highest BCUT2D eigenvalue weighted by Gasteiger charge is 2.24. The average molecular weight is 456 g/mol. The summed E-state index contributed by atoms with van der Waals surface area (Å²) in [6.07, 6.45) is 0. The number of carbonyl (C=O) groups excluding carboxylic acids is 1. The largest absolute Gasteiger partial charge is 0.368 e. The number of carbonyl (C=O) groups is 1. The van der Waals surface area contributed by atoms with Crippen LogP contribution in [0.5, 0.6) is 0 Å². The fourth-order valence-electron chi connectivity index (χ4n) is 3.54. The van der Waals surface area contributed by atoms with Gasteiger partial charge in [-0.2, -0.15) is 0 Å². The molecule has 1 aliphatic heterocycles. The van der Waals surface area contributed by atoms with Gasteiger partial charge in [0.1, 0.15) is 0 Å². The minimum Gasteiger partial charge on any atom is -0.368 e. The van der Waals surface area contributed by atoms with E-state index in [9.17, 15) is 13.2 Å². The smallest absolute Gasteiger partial charge is 0.261 e. The minimum absolute atomic E-state index is 0.148. The van der Waals surface area contributed by atoms with Crippen molar-refractivity contribution in [1.82, 2.24) is 4.90 Å². The molecule has 160 valence electrons. The third-order valence-corrected chi connectivity index (χ3v) is 6.92. The molecule has 31 heavy (non-hydrogen) atoms. The molecule has 3 aromatic carbocycles. The Bertz CT molecular complexity index is 1160. The molecule has 0 radical (unpaired) electrons. The highest BCUT2D eigenvalue weighted by Crippen LogP contribution is 2.25. The summed E-state index contributed by atoms with van der Waals surface area (Å²) in [6, 6.07) is 22.7. The number of halogens is 1. The van der Waals surface area contributed by atoms with Crippen LogP contribution in [0.2, 0.25) is 5.02 Å². The van der Waals surface area contributed by atoms with E-state index in [0.717, 1.165) is 5.69 Å². The lowest BCUT2D eigenvalue weighted by Crippen LogP contribution is -2.48. The zero-order valence-corrected chi connectivity index (χ0v) is 18.3. The number of hydrogen-bond acceptors (Lipinski definition) is 4. The van der Waals surface area contributed by atoms with Gasteiger partial charge >= 0.3 is 0 Å². The molecule has 4 rings (SSSR count). The quantitative estimate of drug-likeness (QED) is 0.628. The number of hydrogen-bond donors (Lipinski definition) is 1. The number of nitrogens with zero attached hydrogens (tertiary/aromatic N) is 2. The molecule has 1 fully saturated rings. The van der Waals surface area contributed by atoms with E-state index in [-0.39, 0.29) is 21.4 Å². The van der Waals surface area contributed by atoms with Crippen LogP contribution < -0.4 is 9.62 Å². The average Bonchev–Trinajstić information content (AvgIpc) is 2.81. The maximum atomic E-state index is 13.1. The van der Waals surface area contributed by atoms with E-state index in [2.05, 4.69) is 21.8 Å². The number of sulfonamides is 1. The normalized spacial score (nSPS) is 14.4. The minimum atomic E-state index is -3.76. The predicted octanol–water partition coefficient (Wildman–Crippen LogP) is 4.10. The van der Waals surface area contributed by atoms with Crippen molar-refractivity contribution in [3.05, 3.63) is 89.4 Å². The van der Waals surface area contributed by atoms with E-state index in [4.69, 9.17) is 11.6 Å². The summed E-state index contributed by atoms with van der Waals surface area (Å²) in [5.74, 6) is -0.210. The van der Waals surface area contributed by atoms with Crippen molar-refractivity contribution in [3.8, 4) is 0 Å². The SMILES string of the molecule is O=C(c1cc(NS(=O)(=O)c2ccccc2)ccc1Cl)N1CCN(c2ccccc2)CC1. The van der Waals surface area contributed by atoms with Crippen LogP contribution >= 0.6 is 11.6 Å². The lowest BCUT2D eigenvalue weighted by molar-refractivity contribution is 0.0747. The van der Waals surface area contributed by atoms with Crippen LogP contribution in [0.15, 0.2) is 83.8 Å². The second kappa shape index (κ2) is 8.99. The van der Waals surface area contributed by atoms with Gasteiger partial charge in [0.05, 0.1) is 15.5 Å². The molecule has 1 heterocycles. The number of anilines is 2. The monoisotopic (exact) mass is 455 g/mol. The predicted molar refractivity (Wildman–Crippen MR) is 123 cm³/mol. The lowest BCUT2D eigenvalue weighted by Gasteiger charge is -2.36. The van der Waals surface area contributed by atoms with Gasteiger partial charge in [-0.25, -0.2) is 8.42 Å². The Morgan fingerprint density at radius 1 is 0.839 bits per heavy atom. The van der Waals surface area contributed by atoms with Crippen LogP contribution in [0.4, 0.5) is 11.4 Å². The van der Waals surface area contributed by atoms with Gasteiger partial charge in [0.2, 0.25) is 0 Å². The van der Waals surface area contributed by atoms with Crippen LogP contribution in [0.25, 0.3) is 0 Å². The van der Waals surface area contributed by atoms with E-state index in [1.54, 1.807) is 29.2 Å². The third-order valence-electron chi connectivity index (χ3n) is 5.19. The van der Waals surface area contributed by atoms with Gasteiger partial charge < -0.3 is 9.80 Å². The summed E-state index contributed by atoms with van der Waals surface area (Å²) in [4.78, 5) is 17.2. The van der Waals surface area contributed by atoms with Crippen molar-refractivity contribution >= 4 is 38.9 Å². The summed E-state index contributed by atoms with van der Waals surface area (Å²) >= 11 is 6.29. The Morgan fingerprint density at radius 3 is 2.10 bits per heavy atom. The highest BCUT2D eigenvalue weighted by atomic mass is 35.5. The molecule has 1 saturated heterocycles. The third kappa shape index (κ3) is 4.84. The molecule has 0 spiro atoms. The van der Waals surface area contributed by atoms with Crippen LogP contribution in [0.3, 0.4) is 0 Å². The number of para-hydroxylation sites is 1. The van der Waals surface area contributed by atoms with Crippen molar-refractivity contribution in [3.63, 3.8) is 0 Å². The standard InChI is InChI=1S/C23H22ClN3O3S/c24-22-12-11-18(25-31(29,30)20-9-5-2-6-10-20)17-21(22)23(28)27-15-13-26(14-16-27)19-7-3-1-4-8-19/h1-12,17,25H,13-16H2. The van der Waals surface area contributed by atoms with E-state index < -0.39 is 10.0 Å². The first-order valence-corrected chi connectivity index (χ1v) is 11.8. The first kappa shape index (κ1) is 21.2. The maximum absolute atomic E-state index is 13.1. The second-order valence-electron chi connectivity index (χ2n) is 7.23. The molecule has 1 aliphatic rings. The van der Waals surface area contributed by atoms with Gasteiger partial charge in [-0.3, -0.25) is 9.52 Å². The van der Waals surface area contributed by atoms with Gasteiger partial charge in [0.25, 0.3) is 15.9 Å². The molecule has 0 unspecified atom stereocenters. The summed E-state index contributed by atoms with van der Waals surface area (Å²) in [5, 5.41) is 0.290. The van der Waals surface area contributed by atoms with Crippen molar-refractivity contribution in [2.24, 2.45) is 0 Å². The molecule has 0 aromatic heterocycles. The molecule has 0 aliphatic carbocycles. The molecule has 0 atom stereocenters. The lowest BCUT2D eigenvalue weighted by atomic mass is 10.1. The van der Waals surface area contributed by atoms with Crippen molar-refractivity contribution in [1.29, 1.82) is 0 Å². The fraction of sp³-hybridized carbons (Fsp3) is 0.174. The van der Waals surface area contributed by atoms with Crippen LogP contribution in [-0.2, 0) is 10.0 Å². The molecule has 3 aromatic rings. The first-order chi connectivity index (χ1) is 14.9. The van der Waals surface area contributed by atoms with E-state index in [0.29, 0.717) is 31.9 Å². The van der Waals surface area contributed by atoms with Crippen LogP contribution in [-0.4, -0.2) is 45.4 Å². The van der Waals surface area contributed by atoms with Crippen LogP contribution in [0, 0.1) is 0 Å². The maximum Gasteiger partial charge on any atom is 0.261 e. The molecule has 8 heteroatoms. The summed E-state index contributed by atoms with van der Waals surface area (Å²) in [5.41, 5.74) is 1.70. The number of amides is 1. The highest BCUT2D eigenvalue weighted by molar-refractivity contribution is 7.92. The number of nitrogens with one attached hydrogen (secondary N) is 1. The topological polar surface area (TPSA) is 69.7 Å². The van der Waals surface area contributed by atoms with E-state index >= 15 is 0 Å². The summed E-state index contributed by atoms with van der Waals surface area (Å²) in [7, 11) is -3.76. The Morgan fingerprint density at radius 2 is 1.45 bits per heavy atom. The van der Waals surface area contributed by atoms with Crippen molar-refractivity contribution < 1.29 is 13.2 Å². The van der Waals surface area contributed by atoms with Gasteiger partial charge in [-0.1, -0.05) is 48.0 Å². The van der Waals surface area contributed by atoms with Gasteiger partial charge in [-0.05, 0) is 42.5 Å². The zero-order valence-electron chi connectivity index (χ0n) is 16.7.